The summed E-state index contributed by atoms with van der Waals surface area (Å²) >= 11 is 1.20. The number of benzene rings is 1. The summed E-state index contributed by atoms with van der Waals surface area (Å²) in [5.74, 6) is -0.376. The van der Waals surface area contributed by atoms with E-state index in [0.29, 0.717) is 71.1 Å². The van der Waals surface area contributed by atoms with Crippen molar-refractivity contribution in [1.82, 2.24) is 29.0 Å². The molecule has 0 radical (unpaired) electrons. The zero-order valence-electron chi connectivity index (χ0n) is 23.5. The molecule has 2 saturated heterocycles. The number of likely N-dealkylation sites (N-methyl/N-ethyl adjacent to an activating group) is 1. The lowest BCUT2D eigenvalue weighted by Crippen LogP contribution is -2.45. The maximum Gasteiger partial charge on any atom is 0.332 e. The lowest BCUT2D eigenvalue weighted by molar-refractivity contribution is -0.129. The number of amides is 1. The molecular formula is C28H31FN6O6S. The predicted octanol–water partition coefficient (Wildman–Crippen LogP) is 2.60. The van der Waals surface area contributed by atoms with Crippen molar-refractivity contribution in [3.8, 4) is 10.8 Å². The van der Waals surface area contributed by atoms with Gasteiger partial charge in [0.1, 0.15) is 33.5 Å². The molecule has 3 aromatic heterocycles. The van der Waals surface area contributed by atoms with Crippen LogP contribution >= 0.6 is 11.3 Å². The zero-order valence-corrected chi connectivity index (χ0v) is 24.3. The number of hydrogen-bond donors (Lipinski definition) is 0. The highest BCUT2D eigenvalue weighted by Gasteiger charge is 2.36. The molecule has 0 bridgehead atoms. The summed E-state index contributed by atoms with van der Waals surface area (Å²) in [6, 6.07) is 3.23. The lowest BCUT2D eigenvalue weighted by atomic mass is 10.1. The molecule has 2 aliphatic rings. The normalized spacial score (nSPS) is 18.7. The Kier molecular flexibility index (Phi) is 7.68. The molecule has 0 aliphatic carbocycles. The Morgan fingerprint density at radius 3 is 2.55 bits per heavy atom. The number of fused-ring (bicyclic) bond motifs is 1. The van der Waals surface area contributed by atoms with Crippen LogP contribution in [0.3, 0.4) is 0 Å². The van der Waals surface area contributed by atoms with E-state index in [2.05, 4.69) is 10.2 Å². The minimum atomic E-state index is -0.935. The maximum absolute atomic E-state index is 14.6. The number of likely N-dealkylation sites (tertiary alicyclic amines) is 1. The summed E-state index contributed by atoms with van der Waals surface area (Å²) < 4.78 is 34.7. The molecule has 4 aromatic rings. The van der Waals surface area contributed by atoms with Gasteiger partial charge in [0, 0.05) is 37.9 Å². The van der Waals surface area contributed by atoms with Gasteiger partial charge in [-0.3, -0.25) is 14.2 Å². The molecule has 222 valence electrons. The van der Waals surface area contributed by atoms with Crippen molar-refractivity contribution in [3.63, 3.8) is 0 Å². The number of nitrogens with zero attached hydrogens (tertiary/aromatic N) is 6. The van der Waals surface area contributed by atoms with Crippen molar-refractivity contribution < 1.29 is 23.4 Å². The zero-order chi connectivity index (χ0) is 29.5. The third kappa shape index (κ3) is 4.92. The largest absolute Gasteiger partial charge is 0.496 e. The van der Waals surface area contributed by atoms with Crippen LogP contribution in [0.1, 0.15) is 42.5 Å². The van der Waals surface area contributed by atoms with E-state index in [-0.39, 0.29) is 18.6 Å². The fourth-order valence-electron chi connectivity index (χ4n) is 5.73. The van der Waals surface area contributed by atoms with Crippen LogP contribution in [0.25, 0.3) is 15.2 Å². The second-order valence-electron chi connectivity index (χ2n) is 10.5. The fraction of sp³-hybridized carbons (Fsp3) is 0.464. The third-order valence-corrected chi connectivity index (χ3v) is 9.22. The average Bonchev–Trinajstić information content (AvgIpc) is 3.72. The van der Waals surface area contributed by atoms with Crippen LogP contribution in [0.2, 0.25) is 0 Å². The number of rotatable bonds is 8. The topological polar surface area (TPSA) is 123 Å². The van der Waals surface area contributed by atoms with Gasteiger partial charge in [-0.1, -0.05) is 11.3 Å². The molecule has 2 unspecified atom stereocenters. The molecule has 1 amide bonds. The second kappa shape index (κ2) is 11.4. The Morgan fingerprint density at radius 2 is 1.88 bits per heavy atom. The van der Waals surface area contributed by atoms with Gasteiger partial charge in [-0.15, -0.1) is 4.80 Å². The van der Waals surface area contributed by atoms with Crippen LogP contribution in [-0.2, 0) is 20.8 Å². The number of halogens is 1. The quantitative estimate of drug-likeness (QED) is 0.303. The average molecular weight is 599 g/mol. The standard InChI is InChI=1S/C28H31FN6O6S/c1-16-23-25(37)34(20-6-11-32(2)24(20)36)28(38)33(27(23)42-26(16)35-30-9-10-31-35)15-22(41-18-7-12-40-13-8-18)19-14-17(29)4-5-21(19)39-3/h4-5,9-10,14,18,20,22H,6-8,11-13,15H2,1-3H3. The van der Waals surface area contributed by atoms with E-state index in [0.717, 1.165) is 4.57 Å². The van der Waals surface area contributed by atoms with Gasteiger partial charge < -0.3 is 19.1 Å². The van der Waals surface area contributed by atoms with E-state index in [4.69, 9.17) is 14.2 Å². The molecule has 6 rings (SSSR count). The second-order valence-corrected chi connectivity index (χ2v) is 11.5. The Bertz CT molecular complexity index is 1740. The molecular weight excluding hydrogens is 567 g/mol. The first-order valence-electron chi connectivity index (χ1n) is 13.7. The Labute approximate surface area is 243 Å². The summed E-state index contributed by atoms with van der Waals surface area (Å²) in [7, 11) is 3.14. The number of carbonyl (C=O) groups excluding carboxylic acids is 1. The van der Waals surface area contributed by atoms with Crippen LogP contribution in [0.4, 0.5) is 4.39 Å². The van der Waals surface area contributed by atoms with Crippen molar-refractivity contribution in [2.45, 2.75) is 51.0 Å². The van der Waals surface area contributed by atoms with Gasteiger partial charge in [0.05, 0.1) is 37.5 Å². The fourth-order valence-corrected chi connectivity index (χ4v) is 6.94. The molecule has 0 saturated carbocycles. The van der Waals surface area contributed by atoms with E-state index in [1.165, 1.54) is 63.3 Å². The number of ether oxygens (including phenoxy) is 3. The highest BCUT2D eigenvalue weighted by atomic mass is 32.1. The van der Waals surface area contributed by atoms with E-state index < -0.39 is 29.2 Å². The van der Waals surface area contributed by atoms with Crippen LogP contribution < -0.4 is 16.0 Å². The summed E-state index contributed by atoms with van der Waals surface area (Å²) in [6.07, 6.45) is 3.62. The number of thiophene rings is 1. The van der Waals surface area contributed by atoms with Crippen LogP contribution in [-0.4, -0.2) is 75.0 Å². The number of carbonyl (C=O) groups is 1. The molecule has 5 heterocycles. The third-order valence-electron chi connectivity index (χ3n) is 7.94. The van der Waals surface area contributed by atoms with Gasteiger partial charge in [-0.2, -0.15) is 10.2 Å². The summed E-state index contributed by atoms with van der Waals surface area (Å²) in [4.78, 5) is 44.6. The highest BCUT2D eigenvalue weighted by molar-refractivity contribution is 7.21. The highest BCUT2D eigenvalue weighted by Crippen LogP contribution is 2.35. The Hall–Kier alpha value is -3.88. The van der Waals surface area contributed by atoms with E-state index in [1.807, 2.05) is 0 Å². The van der Waals surface area contributed by atoms with Gasteiger partial charge in [-0.05, 0) is 44.4 Å². The number of hydrogen-bond acceptors (Lipinski definition) is 9. The molecule has 2 aliphatic heterocycles. The molecule has 12 nitrogen and oxygen atoms in total. The Morgan fingerprint density at radius 1 is 1.14 bits per heavy atom. The van der Waals surface area contributed by atoms with Gasteiger partial charge in [0.15, 0.2) is 0 Å². The van der Waals surface area contributed by atoms with E-state index >= 15 is 0 Å². The van der Waals surface area contributed by atoms with Gasteiger partial charge >= 0.3 is 5.69 Å². The minimum absolute atomic E-state index is 0.0601. The molecule has 0 N–H and O–H groups in total. The van der Waals surface area contributed by atoms with Crippen molar-refractivity contribution >= 4 is 27.5 Å². The molecule has 0 spiro atoms. The number of aryl methyl sites for hydroxylation is 1. The lowest BCUT2D eigenvalue weighted by Gasteiger charge is -2.29. The van der Waals surface area contributed by atoms with Crippen molar-refractivity contribution in [2.24, 2.45) is 0 Å². The van der Waals surface area contributed by atoms with Crippen molar-refractivity contribution in [2.75, 3.05) is 33.9 Å². The van der Waals surface area contributed by atoms with Crippen LogP contribution in [0.5, 0.6) is 5.75 Å². The maximum atomic E-state index is 14.6. The molecule has 42 heavy (non-hydrogen) atoms. The summed E-state index contributed by atoms with van der Waals surface area (Å²) in [6.45, 7) is 3.18. The first-order chi connectivity index (χ1) is 20.3. The van der Waals surface area contributed by atoms with Gasteiger partial charge in [0.25, 0.3) is 5.56 Å². The van der Waals surface area contributed by atoms with Gasteiger partial charge in [0.2, 0.25) is 5.91 Å². The Balaban J connectivity index is 1.57. The molecule has 2 atom stereocenters. The monoisotopic (exact) mass is 598 g/mol. The summed E-state index contributed by atoms with van der Waals surface area (Å²) in [5, 5.41) is 9.32. The first-order valence-corrected chi connectivity index (χ1v) is 14.6. The number of aromatic nitrogens is 5. The van der Waals surface area contributed by atoms with Crippen LogP contribution in [0.15, 0.2) is 40.2 Å². The first kappa shape index (κ1) is 28.2. The smallest absolute Gasteiger partial charge is 0.332 e. The SMILES string of the molecule is COc1ccc(F)cc1C(Cn1c(=O)n(C2CCN(C)C2=O)c(=O)c2c(C)c(-n3nccn3)sc21)OC1CCOCC1. The number of methoxy groups -OCH3 is 1. The minimum Gasteiger partial charge on any atom is -0.496 e. The van der Waals surface area contributed by atoms with E-state index in [1.54, 1.807) is 14.0 Å². The van der Waals surface area contributed by atoms with Crippen molar-refractivity contribution in [1.29, 1.82) is 0 Å². The van der Waals surface area contributed by atoms with Crippen molar-refractivity contribution in [3.05, 3.63) is 68.4 Å². The molecule has 2 fully saturated rings. The summed E-state index contributed by atoms with van der Waals surface area (Å²) in [5.41, 5.74) is -0.168. The van der Waals surface area contributed by atoms with Gasteiger partial charge in [-0.25, -0.2) is 13.8 Å². The molecule has 1 aromatic carbocycles. The van der Waals surface area contributed by atoms with Crippen LogP contribution in [0, 0.1) is 12.7 Å². The predicted molar refractivity (Wildman–Crippen MR) is 152 cm³/mol. The molecule has 14 heteroatoms. The van der Waals surface area contributed by atoms with E-state index in [9.17, 15) is 18.8 Å².